The van der Waals surface area contributed by atoms with Crippen LogP contribution in [0.25, 0.3) is 0 Å². The molecule has 2 rings (SSSR count). The Kier molecular flexibility index (Phi) is 3.15. The number of rotatable bonds is 3. The highest BCUT2D eigenvalue weighted by molar-refractivity contribution is 5.24. The average molecular weight is 203 g/mol. The van der Waals surface area contributed by atoms with Crippen molar-refractivity contribution in [1.29, 1.82) is 5.26 Å². The van der Waals surface area contributed by atoms with Crippen LogP contribution in [0.5, 0.6) is 5.88 Å². The second kappa shape index (κ2) is 4.76. The first kappa shape index (κ1) is 9.94. The van der Waals surface area contributed by atoms with Gasteiger partial charge >= 0.3 is 0 Å². The molecule has 4 heteroatoms. The maximum absolute atomic E-state index is 8.66. The molecule has 0 amide bonds. The topological polar surface area (TPSA) is 57.9 Å². The van der Waals surface area contributed by atoms with Gasteiger partial charge in [-0.25, -0.2) is 4.98 Å². The summed E-state index contributed by atoms with van der Waals surface area (Å²) in [4.78, 5) is 4.04. The van der Waals surface area contributed by atoms with Gasteiger partial charge < -0.3 is 10.1 Å². The van der Waals surface area contributed by atoms with Crippen LogP contribution < -0.4 is 10.1 Å². The minimum Gasteiger partial charge on any atom is -0.476 e. The van der Waals surface area contributed by atoms with E-state index in [0.29, 0.717) is 24.2 Å². The highest BCUT2D eigenvalue weighted by Crippen LogP contribution is 2.10. The number of hydrogen-bond acceptors (Lipinski definition) is 4. The molecule has 0 aromatic carbocycles. The summed E-state index contributed by atoms with van der Waals surface area (Å²) < 4.78 is 5.51. The molecule has 1 saturated heterocycles. The molecule has 1 aromatic rings. The van der Waals surface area contributed by atoms with E-state index < -0.39 is 0 Å². The summed E-state index contributed by atoms with van der Waals surface area (Å²) >= 11 is 0. The number of hydrogen-bond donors (Lipinski definition) is 1. The second-order valence-corrected chi connectivity index (χ2v) is 3.58. The summed E-state index contributed by atoms with van der Waals surface area (Å²) in [6, 6.07) is 7.64. The van der Waals surface area contributed by atoms with Crippen molar-refractivity contribution in [2.75, 3.05) is 13.2 Å². The summed E-state index contributed by atoms with van der Waals surface area (Å²) in [5.74, 6) is 0.530. The van der Waals surface area contributed by atoms with E-state index in [-0.39, 0.29) is 0 Å². The SMILES string of the molecule is N#Cc1cccc(OCC2CCCN2)n1. The van der Waals surface area contributed by atoms with Crippen LogP contribution in [0, 0.1) is 11.3 Å². The lowest BCUT2D eigenvalue weighted by molar-refractivity contribution is 0.267. The van der Waals surface area contributed by atoms with Gasteiger partial charge in [-0.1, -0.05) is 6.07 Å². The summed E-state index contributed by atoms with van der Waals surface area (Å²) in [7, 11) is 0. The van der Waals surface area contributed by atoms with Crippen LogP contribution in [0.1, 0.15) is 18.5 Å². The third kappa shape index (κ3) is 2.67. The summed E-state index contributed by atoms with van der Waals surface area (Å²) in [5, 5.41) is 12.0. The molecule has 0 saturated carbocycles. The van der Waals surface area contributed by atoms with Crippen LogP contribution in [-0.2, 0) is 0 Å². The first-order valence-corrected chi connectivity index (χ1v) is 5.12. The van der Waals surface area contributed by atoms with Crippen LogP contribution in [0.4, 0.5) is 0 Å². The molecule has 0 radical (unpaired) electrons. The van der Waals surface area contributed by atoms with E-state index >= 15 is 0 Å². The minimum atomic E-state index is 0.395. The number of pyridine rings is 1. The Morgan fingerprint density at radius 1 is 1.60 bits per heavy atom. The van der Waals surface area contributed by atoms with E-state index in [1.54, 1.807) is 18.2 Å². The predicted octanol–water partition coefficient (Wildman–Crippen LogP) is 1.08. The van der Waals surface area contributed by atoms with Gasteiger partial charge in [0.1, 0.15) is 18.4 Å². The zero-order valence-electron chi connectivity index (χ0n) is 8.44. The fourth-order valence-electron chi connectivity index (χ4n) is 1.64. The van der Waals surface area contributed by atoms with Crippen LogP contribution in [-0.4, -0.2) is 24.2 Å². The Balaban J connectivity index is 1.90. The van der Waals surface area contributed by atoms with E-state index in [2.05, 4.69) is 10.3 Å². The maximum atomic E-state index is 8.66. The number of nitrogens with zero attached hydrogens (tertiary/aromatic N) is 2. The van der Waals surface area contributed by atoms with Crippen molar-refractivity contribution in [1.82, 2.24) is 10.3 Å². The van der Waals surface area contributed by atoms with Crippen LogP contribution in [0.2, 0.25) is 0 Å². The van der Waals surface area contributed by atoms with Gasteiger partial charge in [-0.2, -0.15) is 5.26 Å². The van der Waals surface area contributed by atoms with E-state index in [9.17, 15) is 0 Å². The van der Waals surface area contributed by atoms with Gasteiger partial charge in [0, 0.05) is 12.1 Å². The Bertz CT molecular complexity index is 366. The van der Waals surface area contributed by atoms with Crippen molar-refractivity contribution in [3.8, 4) is 11.9 Å². The lowest BCUT2D eigenvalue weighted by Crippen LogP contribution is -2.28. The first-order chi connectivity index (χ1) is 7.38. The molecule has 78 valence electrons. The van der Waals surface area contributed by atoms with Crippen molar-refractivity contribution in [3.05, 3.63) is 23.9 Å². The third-order valence-electron chi connectivity index (χ3n) is 2.43. The molecule has 1 atom stereocenters. The van der Waals surface area contributed by atoms with Crippen molar-refractivity contribution in [2.45, 2.75) is 18.9 Å². The lowest BCUT2D eigenvalue weighted by atomic mass is 10.2. The number of nitrogens with one attached hydrogen (secondary N) is 1. The molecule has 15 heavy (non-hydrogen) atoms. The van der Waals surface area contributed by atoms with Gasteiger partial charge in [0.15, 0.2) is 0 Å². The predicted molar refractivity (Wildman–Crippen MR) is 55.5 cm³/mol. The molecule has 1 fully saturated rings. The quantitative estimate of drug-likeness (QED) is 0.798. The van der Waals surface area contributed by atoms with Gasteiger partial charge in [0.25, 0.3) is 0 Å². The molecule has 4 nitrogen and oxygen atoms in total. The normalized spacial score (nSPS) is 19.8. The fraction of sp³-hybridized carbons (Fsp3) is 0.455. The van der Waals surface area contributed by atoms with Crippen LogP contribution in [0.15, 0.2) is 18.2 Å². The fourth-order valence-corrected chi connectivity index (χ4v) is 1.64. The zero-order valence-corrected chi connectivity index (χ0v) is 8.44. The van der Waals surface area contributed by atoms with E-state index in [4.69, 9.17) is 10.00 Å². The monoisotopic (exact) mass is 203 g/mol. The van der Waals surface area contributed by atoms with Gasteiger partial charge in [-0.05, 0) is 25.5 Å². The Hall–Kier alpha value is -1.60. The third-order valence-corrected chi connectivity index (χ3v) is 2.43. The van der Waals surface area contributed by atoms with E-state index in [0.717, 1.165) is 13.0 Å². The number of aromatic nitrogens is 1. The lowest BCUT2D eigenvalue weighted by Gasteiger charge is -2.10. The zero-order chi connectivity index (χ0) is 10.5. The molecule has 1 aliphatic rings. The standard InChI is InChI=1S/C11H13N3O/c12-7-9-3-1-5-11(14-9)15-8-10-4-2-6-13-10/h1,3,5,10,13H,2,4,6,8H2. The average Bonchev–Trinajstić information content (AvgIpc) is 2.79. The van der Waals surface area contributed by atoms with Crippen molar-refractivity contribution >= 4 is 0 Å². The molecule has 1 unspecified atom stereocenters. The summed E-state index contributed by atoms with van der Waals surface area (Å²) in [5.41, 5.74) is 0.395. The summed E-state index contributed by atoms with van der Waals surface area (Å²) in [6.07, 6.45) is 2.36. The maximum Gasteiger partial charge on any atom is 0.214 e. The highest BCUT2D eigenvalue weighted by atomic mass is 16.5. The Morgan fingerprint density at radius 3 is 3.27 bits per heavy atom. The minimum absolute atomic E-state index is 0.395. The molecule has 1 N–H and O–H groups in total. The van der Waals surface area contributed by atoms with Crippen molar-refractivity contribution in [3.63, 3.8) is 0 Å². The van der Waals surface area contributed by atoms with Crippen molar-refractivity contribution in [2.24, 2.45) is 0 Å². The van der Waals surface area contributed by atoms with Gasteiger partial charge in [-0.3, -0.25) is 0 Å². The smallest absolute Gasteiger partial charge is 0.214 e. The van der Waals surface area contributed by atoms with E-state index in [1.807, 2.05) is 6.07 Å². The van der Waals surface area contributed by atoms with E-state index in [1.165, 1.54) is 6.42 Å². The number of ether oxygens (including phenoxy) is 1. The summed E-state index contributed by atoms with van der Waals surface area (Å²) in [6.45, 7) is 1.70. The molecule has 0 spiro atoms. The van der Waals surface area contributed by atoms with Gasteiger partial charge in [-0.15, -0.1) is 0 Å². The van der Waals surface area contributed by atoms with Crippen LogP contribution in [0.3, 0.4) is 0 Å². The Labute approximate surface area is 88.9 Å². The molecule has 0 bridgehead atoms. The Morgan fingerprint density at radius 2 is 2.53 bits per heavy atom. The van der Waals surface area contributed by atoms with Crippen LogP contribution >= 0.6 is 0 Å². The molecule has 1 aliphatic heterocycles. The largest absolute Gasteiger partial charge is 0.476 e. The second-order valence-electron chi connectivity index (χ2n) is 3.58. The highest BCUT2D eigenvalue weighted by Gasteiger charge is 2.14. The molecule has 1 aromatic heterocycles. The van der Waals surface area contributed by atoms with Gasteiger partial charge in [0.2, 0.25) is 5.88 Å². The molecule has 0 aliphatic carbocycles. The molecular weight excluding hydrogens is 190 g/mol. The molecular formula is C11H13N3O. The van der Waals surface area contributed by atoms with Crippen molar-refractivity contribution < 1.29 is 4.74 Å². The number of nitriles is 1. The molecule has 2 heterocycles. The first-order valence-electron chi connectivity index (χ1n) is 5.12. The van der Waals surface area contributed by atoms with Gasteiger partial charge in [0.05, 0.1) is 0 Å².